The number of thiazole rings is 1. The van der Waals surface area contributed by atoms with Gasteiger partial charge in [-0.3, -0.25) is 0 Å². The van der Waals surface area contributed by atoms with Crippen LogP contribution in [0.4, 0.5) is 4.39 Å². The van der Waals surface area contributed by atoms with Gasteiger partial charge in [0.15, 0.2) is 0 Å². The maximum absolute atomic E-state index is 13.9. The van der Waals surface area contributed by atoms with Crippen molar-refractivity contribution in [3.63, 3.8) is 0 Å². The molecule has 0 amide bonds. The minimum Gasteiger partial charge on any atom is -0.313 e. The van der Waals surface area contributed by atoms with Crippen molar-refractivity contribution in [1.82, 2.24) is 10.3 Å². The zero-order valence-electron chi connectivity index (χ0n) is 10.4. The normalized spacial score (nSPS) is 10.8. The fourth-order valence-corrected chi connectivity index (χ4v) is 2.40. The molecule has 18 heavy (non-hydrogen) atoms. The van der Waals surface area contributed by atoms with Gasteiger partial charge in [0.1, 0.15) is 5.82 Å². The number of hydrogen-bond acceptors (Lipinski definition) is 3. The Morgan fingerprint density at radius 1 is 1.39 bits per heavy atom. The van der Waals surface area contributed by atoms with E-state index in [1.54, 1.807) is 23.6 Å². The maximum atomic E-state index is 13.9. The molecule has 2 rings (SSSR count). The molecule has 0 bridgehead atoms. The van der Waals surface area contributed by atoms with Crippen molar-refractivity contribution < 1.29 is 4.39 Å². The lowest BCUT2D eigenvalue weighted by atomic mass is 10.1. The van der Waals surface area contributed by atoms with Crippen LogP contribution in [0.15, 0.2) is 29.8 Å². The highest BCUT2D eigenvalue weighted by Gasteiger charge is 2.06. The van der Waals surface area contributed by atoms with Crippen molar-refractivity contribution in [1.29, 1.82) is 0 Å². The number of nitrogens with zero attached hydrogens (tertiary/aromatic N) is 1. The fourth-order valence-electron chi connectivity index (χ4n) is 1.76. The third-order valence-corrected chi connectivity index (χ3v) is 3.48. The van der Waals surface area contributed by atoms with Crippen molar-refractivity contribution in [2.75, 3.05) is 6.54 Å². The smallest absolute Gasteiger partial charge is 0.127 e. The van der Waals surface area contributed by atoms with E-state index < -0.39 is 0 Å². The molecule has 0 atom stereocenters. The Morgan fingerprint density at radius 2 is 2.28 bits per heavy atom. The zero-order chi connectivity index (χ0) is 12.8. The molecule has 1 aromatic carbocycles. The molecule has 1 N–H and O–H groups in total. The standard InChI is InChI=1S/C14H17FN2S/c1-2-5-16-10-11-3-4-12(13(15)8-11)9-14-17-6-7-18-14/h3-4,6-8,16H,2,5,9-10H2,1H3. The number of rotatable bonds is 6. The SMILES string of the molecule is CCCNCc1ccc(Cc2nccs2)c(F)c1. The molecule has 1 aromatic heterocycles. The summed E-state index contributed by atoms with van der Waals surface area (Å²) in [5, 5.41) is 6.13. The van der Waals surface area contributed by atoms with Crippen molar-refractivity contribution in [2.24, 2.45) is 0 Å². The summed E-state index contributed by atoms with van der Waals surface area (Å²) in [5.74, 6) is -0.138. The van der Waals surface area contributed by atoms with E-state index in [0.29, 0.717) is 12.0 Å². The topological polar surface area (TPSA) is 24.9 Å². The van der Waals surface area contributed by atoms with E-state index in [-0.39, 0.29) is 5.82 Å². The summed E-state index contributed by atoms with van der Waals surface area (Å²) in [6, 6.07) is 5.46. The minimum atomic E-state index is -0.138. The number of aromatic nitrogens is 1. The van der Waals surface area contributed by atoms with E-state index in [0.717, 1.165) is 30.1 Å². The molecule has 0 saturated heterocycles. The lowest BCUT2D eigenvalue weighted by Gasteiger charge is -2.06. The molecule has 0 fully saturated rings. The molecule has 2 aromatic rings. The third-order valence-electron chi connectivity index (χ3n) is 2.70. The predicted octanol–water partition coefficient (Wildman–Crippen LogP) is 3.37. The molecule has 0 aliphatic heterocycles. The second-order valence-electron chi connectivity index (χ2n) is 4.21. The van der Waals surface area contributed by atoms with Crippen LogP contribution in [0, 0.1) is 5.82 Å². The van der Waals surface area contributed by atoms with Crippen LogP contribution in [-0.4, -0.2) is 11.5 Å². The second kappa shape index (κ2) is 6.61. The lowest BCUT2D eigenvalue weighted by Crippen LogP contribution is -2.14. The highest BCUT2D eigenvalue weighted by molar-refractivity contribution is 7.09. The van der Waals surface area contributed by atoms with Gasteiger partial charge >= 0.3 is 0 Å². The predicted molar refractivity (Wildman–Crippen MR) is 73.3 cm³/mol. The van der Waals surface area contributed by atoms with E-state index in [1.807, 2.05) is 17.5 Å². The molecule has 0 spiro atoms. The van der Waals surface area contributed by atoms with E-state index in [1.165, 1.54) is 0 Å². The molecular formula is C14H17FN2S. The van der Waals surface area contributed by atoms with Crippen LogP contribution in [0.5, 0.6) is 0 Å². The molecule has 96 valence electrons. The number of benzene rings is 1. The Morgan fingerprint density at radius 3 is 2.94 bits per heavy atom. The van der Waals surface area contributed by atoms with Gasteiger partial charge in [0.25, 0.3) is 0 Å². The average Bonchev–Trinajstić information content (AvgIpc) is 2.86. The van der Waals surface area contributed by atoms with Crippen molar-refractivity contribution in [2.45, 2.75) is 26.3 Å². The van der Waals surface area contributed by atoms with Crippen LogP contribution in [0.2, 0.25) is 0 Å². The minimum absolute atomic E-state index is 0.138. The van der Waals surface area contributed by atoms with Gasteiger partial charge in [-0.25, -0.2) is 9.37 Å². The molecule has 1 heterocycles. The van der Waals surface area contributed by atoms with Gasteiger partial charge in [-0.05, 0) is 30.2 Å². The van der Waals surface area contributed by atoms with Gasteiger partial charge in [-0.15, -0.1) is 11.3 Å². The second-order valence-corrected chi connectivity index (χ2v) is 5.18. The number of nitrogens with one attached hydrogen (secondary N) is 1. The summed E-state index contributed by atoms with van der Waals surface area (Å²) >= 11 is 1.56. The van der Waals surface area contributed by atoms with E-state index >= 15 is 0 Å². The Hall–Kier alpha value is -1.26. The Kier molecular flexibility index (Phi) is 4.84. The quantitative estimate of drug-likeness (QED) is 0.809. The van der Waals surface area contributed by atoms with E-state index in [9.17, 15) is 4.39 Å². The average molecular weight is 264 g/mol. The summed E-state index contributed by atoms with van der Waals surface area (Å²) in [6.45, 7) is 3.80. The van der Waals surface area contributed by atoms with Crippen molar-refractivity contribution in [3.8, 4) is 0 Å². The molecule has 0 aliphatic rings. The van der Waals surface area contributed by atoms with Crippen LogP contribution < -0.4 is 5.32 Å². The number of halogens is 1. The first-order valence-electron chi connectivity index (χ1n) is 6.16. The number of hydrogen-bond donors (Lipinski definition) is 1. The molecule has 0 aliphatic carbocycles. The summed E-state index contributed by atoms with van der Waals surface area (Å²) in [6.07, 6.45) is 3.41. The Labute approximate surface area is 111 Å². The zero-order valence-corrected chi connectivity index (χ0v) is 11.3. The fraction of sp³-hybridized carbons (Fsp3) is 0.357. The first kappa shape index (κ1) is 13.2. The van der Waals surface area contributed by atoms with Crippen LogP contribution >= 0.6 is 11.3 Å². The van der Waals surface area contributed by atoms with Gasteiger partial charge in [-0.2, -0.15) is 0 Å². The highest BCUT2D eigenvalue weighted by atomic mass is 32.1. The van der Waals surface area contributed by atoms with E-state index in [4.69, 9.17) is 0 Å². The van der Waals surface area contributed by atoms with Gasteiger partial charge in [0.05, 0.1) is 5.01 Å². The first-order valence-corrected chi connectivity index (χ1v) is 7.04. The molecule has 0 radical (unpaired) electrons. The van der Waals surface area contributed by atoms with Crippen LogP contribution in [0.3, 0.4) is 0 Å². The van der Waals surface area contributed by atoms with Gasteiger partial charge < -0.3 is 5.32 Å². The van der Waals surface area contributed by atoms with Crippen LogP contribution in [-0.2, 0) is 13.0 Å². The molecule has 0 unspecified atom stereocenters. The van der Waals surface area contributed by atoms with Gasteiger partial charge in [0, 0.05) is 24.5 Å². The molecule has 0 saturated carbocycles. The molecule has 4 heteroatoms. The van der Waals surface area contributed by atoms with Crippen molar-refractivity contribution >= 4 is 11.3 Å². The molecular weight excluding hydrogens is 247 g/mol. The summed E-state index contributed by atoms with van der Waals surface area (Å²) in [5.41, 5.74) is 1.70. The monoisotopic (exact) mass is 264 g/mol. The Bertz CT molecular complexity index is 483. The lowest BCUT2D eigenvalue weighted by molar-refractivity contribution is 0.606. The summed E-state index contributed by atoms with van der Waals surface area (Å²) in [7, 11) is 0. The Balaban J connectivity index is 2.01. The maximum Gasteiger partial charge on any atom is 0.127 e. The summed E-state index contributed by atoms with van der Waals surface area (Å²) < 4.78 is 13.9. The highest BCUT2D eigenvalue weighted by Crippen LogP contribution is 2.16. The van der Waals surface area contributed by atoms with E-state index in [2.05, 4.69) is 17.2 Å². The van der Waals surface area contributed by atoms with Gasteiger partial charge in [0.2, 0.25) is 0 Å². The van der Waals surface area contributed by atoms with Crippen LogP contribution in [0.1, 0.15) is 29.5 Å². The first-order chi connectivity index (χ1) is 8.79. The largest absolute Gasteiger partial charge is 0.313 e. The molecule has 2 nitrogen and oxygen atoms in total. The van der Waals surface area contributed by atoms with Crippen molar-refractivity contribution in [3.05, 3.63) is 51.7 Å². The van der Waals surface area contributed by atoms with Crippen LogP contribution in [0.25, 0.3) is 0 Å². The third kappa shape index (κ3) is 3.62. The summed E-state index contributed by atoms with van der Waals surface area (Å²) in [4.78, 5) is 4.18. The van der Waals surface area contributed by atoms with Gasteiger partial charge in [-0.1, -0.05) is 19.1 Å².